The van der Waals surface area contributed by atoms with Crippen molar-refractivity contribution in [2.24, 2.45) is 0 Å². The largest absolute Gasteiger partial charge is 0.383 e. The number of fused-ring (bicyclic) bond motifs is 2. The van der Waals surface area contributed by atoms with Gasteiger partial charge in [0.05, 0.1) is 5.69 Å². The van der Waals surface area contributed by atoms with E-state index in [0.29, 0.717) is 12.8 Å². The molecule has 17 heavy (non-hydrogen) atoms. The zero-order valence-electron chi connectivity index (χ0n) is 9.93. The van der Waals surface area contributed by atoms with Crippen molar-refractivity contribution >= 4 is 10.8 Å². The zero-order valence-corrected chi connectivity index (χ0v) is 10.7. The van der Waals surface area contributed by atoms with Gasteiger partial charge in [0, 0.05) is 27.0 Å². The normalized spacial score (nSPS) is 40.5. The monoisotopic (exact) mass is 251 g/mol. The maximum atomic E-state index is 12.0. The minimum absolute atomic E-state index is 0.168. The Morgan fingerprint density at radius 3 is 2.59 bits per heavy atom. The van der Waals surface area contributed by atoms with Crippen molar-refractivity contribution in [3.05, 3.63) is 29.6 Å². The van der Waals surface area contributed by atoms with Crippen LogP contribution in [0.25, 0.3) is 0 Å². The van der Waals surface area contributed by atoms with Crippen molar-refractivity contribution in [1.82, 2.24) is 4.98 Å². The smallest absolute Gasteiger partial charge is 0.109 e. The zero-order chi connectivity index (χ0) is 12.0. The molecule has 2 aliphatic heterocycles. The van der Waals surface area contributed by atoms with E-state index in [9.17, 15) is 9.32 Å². The van der Waals surface area contributed by atoms with Gasteiger partial charge in [-0.3, -0.25) is 9.19 Å². The van der Waals surface area contributed by atoms with E-state index in [-0.39, 0.29) is 10.5 Å². The number of aliphatic hydroxyl groups is 1. The SMILES string of the molecule is Cc1cccc(C2(O)CC3CCC(C2)S3=O)n1. The molecular weight excluding hydrogens is 234 g/mol. The summed E-state index contributed by atoms with van der Waals surface area (Å²) in [5.74, 6) is 0. The maximum Gasteiger partial charge on any atom is 0.109 e. The summed E-state index contributed by atoms with van der Waals surface area (Å²) in [7, 11) is -0.732. The van der Waals surface area contributed by atoms with Gasteiger partial charge in [-0.2, -0.15) is 0 Å². The molecule has 2 fully saturated rings. The third-order valence-electron chi connectivity index (χ3n) is 3.96. The van der Waals surface area contributed by atoms with Crippen molar-refractivity contribution < 1.29 is 9.32 Å². The molecule has 4 heteroatoms. The van der Waals surface area contributed by atoms with E-state index >= 15 is 0 Å². The molecule has 2 unspecified atom stereocenters. The third kappa shape index (κ3) is 1.83. The Morgan fingerprint density at radius 2 is 2.00 bits per heavy atom. The van der Waals surface area contributed by atoms with Gasteiger partial charge in [0.2, 0.25) is 0 Å². The molecule has 0 saturated carbocycles. The van der Waals surface area contributed by atoms with E-state index < -0.39 is 16.4 Å². The van der Waals surface area contributed by atoms with E-state index in [1.54, 1.807) is 0 Å². The lowest BCUT2D eigenvalue weighted by Crippen LogP contribution is -2.40. The Balaban J connectivity index is 1.95. The predicted octanol–water partition coefficient (Wildman–Crippen LogP) is 1.65. The molecule has 0 aromatic carbocycles. The Hall–Kier alpha value is -0.740. The molecule has 2 bridgehead atoms. The molecule has 0 amide bonds. The highest BCUT2D eigenvalue weighted by atomic mass is 32.2. The summed E-state index contributed by atoms with van der Waals surface area (Å²) in [6.45, 7) is 1.93. The molecule has 1 N–H and O–H groups in total. The number of nitrogens with zero attached hydrogens (tertiary/aromatic N) is 1. The van der Waals surface area contributed by atoms with E-state index in [4.69, 9.17) is 0 Å². The van der Waals surface area contributed by atoms with Crippen molar-refractivity contribution in [1.29, 1.82) is 0 Å². The number of rotatable bonds is 1. The fraction of sp³-hybridized carbons (Fsp3) is 0.615. The first-order chi connectivity index (χ1) is 8.08. The fourth-order valence-electron chi connectivity index (χ4n) is 3.09. The Bertz CT molecular complexity index is 458. The van der Waals surface area contributed by atoms with Crippen LogP contribution in [0.1, 0.15) is 37.1 Å². The van der Waals surface area contributed by atoms with E-state index in [2.05, 4.69) is 4.98 Å². The summed E-state index contributed by atoms with van der Waals surface area (Å²) in [5, 5.41) is 11.1. The lowest BCUT2D eigenvalue weighted by Gasteiger charge is -2.35. The lowest BCUT2D eigenvalue weighted by molar-refractivity contribution is 0.0141. The van der Waals surface area contributed by atoms with Gasteiger partial charge in [-0.15, -0.1) is 0 Å². The van der Waals surface area contributed by atoms with Crippen molar-refractivity contribution in [2.45, 2.75) is 48.7 Å². The highest BCUT2D eigenvalue weighted by molar-refractivity contribution is 7.86. The number of aryl methyl sites for hydroxylation is 1. The molecular formula is C13H17NO2S. The van der Waals surface area contributed by atoms with Crippen LogP contribution in [-0.4, -0.2) is 24.8 Å². The Morgan fingerprint density at radius 1 is 1.35 bits per heavy atom. The molecule has 3 nitrogen and oxygen atoms in total. The molecule has 1 aromatic rings. The Kier molecular flexibility index (Phi) is 2.60. The summed E-state index contributed by atoms with van der Waals surface area (Å²) in [5.41, 5.74) is 0.826. The van der Waals surface area contributed by atoms with Gasteiger partial charge >= 0.3 is 0 Å². The molecule has 2 saturated heterocycles. The van der Waals surface area contributed by atoms with E-state index in [1.807, 2.05) is 25.1 Å². The van der Waals surface area contributed by atoms with Gasteiger partial charge in [-0.1, -0.05) is 6.07 Å². The highest BCUT2D eigenvalue weighted by Crippen LogP contribution is 2.45. The van der Waals surface area contributed by atoms with Crippen LogP contribution in [0.4, 0.5) is 0 Å². The first-order valence-electron chi connectivity index (χ1n) is 6.14. The lowest BCUT2D eigenvalue weighted by atomic mass is 9.89. The number of hydrogen-bond acceptors (Lipinski definition) is 3. The van der Waals surface area contributed by atoms with Gasteiger partial charge < -0.3 is 5.11 Å². The first-order valence-corrected chi connectivity index (χ1v) is 7.42. The standard InChI is InChI=1S/C13H17NO2S/c1-9-3-2-4-12(14-9)13(15)7-10-5-6-11(8-13)17(10)16/h2-4,10-11,15H,5-8H2,1H3. The quantitative estimate of drug-likeness (QED) is 0.825. The molecule has 1 aromatic heterocycles. The maximum absolute atomic E-state index is 12.0. The van der Waals surface area contributed by atoms with Crippen LogP contribution in [0.5, 0.6) is 0 Å². The molecule has 92 valence electrons. The highest BCUT2D eigenvalue weighted by Gasteiger charge is 2.49. The topological polar surface area (TPSA) is 50.2 Å². The molecule has 0 radical (unpaired) electrons. The van der Waals surface area contributed by atoms with Gasteiger partial charge in [0.15, 0.2) is 0 Å². The molecule has 2 atom stereocenters. The van der Waals surface area contributed by atoms with Crippen molar-refractivity contribution in [3.63, 3.8) is 0 Å². The average molecular weight is 251 g/mol. The summed E-state index contributed by atoms with van der Waals surface area (Å²) < 4.78 is 12.0. The number of aromatic nitrogens is 1. The van der Waals surface area contributed by atoms with Crippen LogP contribution in [0.3, 0.4) is 0 Å². The molecule has 3 heterocycles. The van der Waals surface area contributed by atoms with Crippen molar-refractivity contribution in [3.8, 4) is 0 Å². The average Bonchev–Trinajstić information content (AvgIpc) is 2.53. The van der Waals surface area contributed by atoms with Crippen molar-refractivity contribution in [2.75, 3.05) is 0 Å². The second kappa shape index (κ2) is 3.89. The van der Waals surface area contributed by atoms with Gasteiger partial charge in [-0.25, -0.2) is 0 Å². The minimum atomic E-state index is -0.855. The fourth-order valence-corrected chi connectivity index (χ4v) is 5.25. The Labute approximate surface area is 104 Å². The second-order valence-electron chi connectivity index (χ2n) is 5.25. The van der Waals surface area contributed by atoms with Crippen LogP contribution in [-0.2, 0) is 16.4 Å². The van der Waals surface area contributed by atoms with Gasteiger partial charge in [0.1, 0.15) is 5.60 Å². The van der Waals surface area contributed by atoms with Crippen LogP contribution in [0.15, 0.2) is 18.2 Å². The summed E-state index contributed by atoms with van der Waals surface area (Å²) in [4.78, 5) is 4.44. The first kappa shape index (κ1) is 11.4. The third-order valence-corrected chi connectivity index (χ3v) is 6.08. The molecule has 0 aliphatic carbocycles. The van der Waals surface area contributed by atoms with Gasteiger partial charge in [-0.05, 0) is 44.7 Å². The second-order valence-corrected chi connectivity index (χ2v) is 7.24. The van der Waals surface area contributed by atoms with Gasteiger partial charge in [0.25, 0.3) is 0 Å². The summed E-state index contributed by atoms with van der Waals surface area (Å²) in [6.07, 6.45) is 3.19. The predicted molar refractivity (Wildman–Crippen MR) is 67.1 cm³/mol. The number of pyridine rings is 1. The summed E-state index contributed by atoms with van der Waals surface area (Å²) in [6, 6.07) is 5.76. The van der Waals surface area contributed by atoms with Crippen LogP contribution >= 0.6 is 0 Å². The molecule has 2 aliphatic rings. The van der Waals surface area contributed by atoms with E-state index in [1.165, 1.54) is 0 Å². The molecule has 3 rings (SSSR count). The summed E-state index contributed by atoms with van der Waals surface area (Å²) >= 11 is 0. The van der Waals surface area contributed by atoms with Crippen LogP contribution in [0.2, 0.25) is 0 Å². The van der Waals surface area contributed by atoms with Crippen LogP contribution < -0.4 is 0 Å². The van der Waals surface area contributed by atoms with E-state index in [0.717, 1.165) is 24.2 Å². The van der Waals surface area contributed by atoms with Crippen LogP contribution in [0, 0.1) is 6.92 Å². The number of hydrogen-bond donors (Lipinski definition) is 1. The minimum Gasteiger partial charge on any atom is -0.383 e. The molecule has 0 spiro atoms.